The van der Waals surface area contributed by atoms with Crippen molar-refractivity contribution in [1.82, 2.24) is 24.8 Å². The molecule has 5 aromatic rings. The minimum Gasteiger partial charge on any atom is -0.494 e. The molecule has 3 heterocycles. The van der Waals surface area contributed by atoms with Gasteiger partial charge in [0.2, 0.25) is 0 Å². The number of rotatable bonds is 4. The zero-order valence-electron chi connectivity index (χ0n) is 16.5. The molecule has 0 aliphatic carbocycles. The number of hydrogen-bond donors (Lipinski definition) is 0. The fourth-order valence-corrected chi connectivity index (χ4v) is 3.57. The van der Waals surface area contributed by atoms with Crippen LogP contribution in [0.2, 0.25) is 0 Å². The molecule has 148 valence electrons. The number of fused-ring (bicyclic) bond motifs is 2. The van der Waals surface area contributed by atoms with Crippen molar-refractivity contribution < 1.29 is 9.13 Å². The maximum atomic E-state index is 14.2. The van der Waals surface area contributed by atoms with Crippen LogP contribution in [0.25, 0.3) is 27.8 Å². The molecule has 7 heteroatoms. The third-order valence-corrected chi connectivity index (χ3v) is 5.25. The average Bonchev–Trinajstić information content (AvgIpc) is 3.21. The van der Waals surface area contributed by atoms with E-state index >= 15 is 0 Å². The molecule has 0 fully saturated rings. The molecule has 0 unspecified atom stereocenters. The molecule has 1 atom stereocenters. The smallest absolute Gasteiger partial charge is 0.177 e. The van der Waals surface area contributed by atoms with E-state index in [0.717, 1.165) is 16.5 Å². The number of pyridine rings is 1. The summed E-state index contributed by atoms with van der Waals surface area (Å²) in [4.78, 5) is 4.37. The molecule has 2 aromatic carbocycles. The van der Waals surface area contributed by atoms with Crippen LogP contribution in [-0.4, -0.2) is 31.9 Å². The third kappa shape index (κ3) is 3.04. The molecular weight excluding hydrogens is 381 g/mol. The summed E-state index contributed by atoms with van der Waals surface area (Å²) < 4.78 is 20.9. The molecule has 3 aromatic heterocycles. The van der Waals surface area contributed by atoms with Crippen LogP contribution in [0.1, 0.15) is 24.2 Å². The summed E-state index contributed by atoms with van der Waals surface area (Å²) >= 11 is 0. The van der Waals surface area contributed by atoms with Crippen molar-refractivity contribution in [3.63, 3.8) is 0 Å². The van der Waals surface area contributed by atoms with Crippen LogP contribution in [-0.2, 0) is 0 Å². The van der Waals surface area contributed by atoms with Gasteiger partial charge in [-0.1, -0.05) is 19.1 Å². The van der Waals surface area contributed by atoms with Gasteiger partial charge >= 0.3 is 0 Å². The summed E-state index contributed by atoms with van der Waals surface area (Å²) in [7, 11) is 1.44. The SMILES string of the molecule is COc1ccc(-c2ccc3nnc([C@@H](C)c4ccc5ncccc5c4)n3n2)cc1F. The first-order chi connectivity index (χ1) is 14.6. The number of methoxy groups -OCH3 is 1. The highest BCUT2D eigenvalue weighted by atomic mass is 19.1. The number of nitrogens with zero attached hydrogens (tertiary/aromatic N) is 5. The predicted octanol–water partition coefficient (Wildman–Crippen LogP) is 4.64. The first-order valence-electron chi connectivity index (χ1n) is 9.55. The lowest BCUT2D eigenvalue weighted by Crippen LogP contribution is -2.06. The number of benzene rings is 2. The Bertz CT molecular complexity index is 1380. The number of halogens is 1. The van der Waals surface area contributed by atoms with Gasteiger partial charge in [0.05, 0.1) is 18.3 Å². The Labute approximate surface area is 172 Å². The molecule has 0 saturated carbocycles. The van der Waals surface area contributed by atoms with E-state index in [0.29, 0.717) is 22.7 Å². The van der Waals surface area contributed by atoms with Gasteiger partial charge in [0.25, 0.3) is 0 Å². The monoisotopic (exact) mass is 399 g/mol. The van der Waals surface area contributed by atoms with Gasteiger partial charge in [-0.25, -0.2) is 4.39 Å². The second-order valence-electron chi connectivity index (χ2n) is 7.07. The van der Waals surface area contributed by atoms with E-state index in [4.69, 9.17) is 4.74 Å². The molecule has 0 amide bonds. The highest BCUT2D eigenvalue weighted by Crippen LogP contribution is 2.28. The molecule has 6 nitrogen and oxygen atoms in total. The van der Waals surface area contributed by atoms with Crippen LogP contribution >= 0.6 is 0 Å². The van der Waals surface area contributed by atoms with Crippen molar-refractivity contribution in [1.29, 1.82) is 0 Å². The Morgan fingerprint density at radius 3 is 2.73 bits per heavy atom. The lowest BCUT2D eigenvalue weighted by molar-refractivity contribution is 0.386. The first kappa shape index (κ1) is 18.2. The van der Waals surface area contributed by atoms with Gasteiger partial charge in [0, 0.05) is 23.1 Å². The Hall–Kier alpha value is -3.87. The van der Waals surface area contributed by atoms with Crippen LogP contribution in [0, 0.1) is 5.82 Å². The second-order valence-corrected chi connectivity index (χ2v) is 7.07. The molecule has 0 N–H and O–H groups in total. The van der Waals surface area contributed by atoms with Gasteiger partial charge in [-0.05, 0) is 54.1 Å². The van der Waals surface area contributed by atoms with Gasteiger partial charge in [0.15, 0.2) is 23.0 Å². The summed E-state index contributed by atoms with van der Waals surface area (Å²) in [6, 6.07) is 18.5. The van der Waals surface area contributed by atoms with Crippen molar-refractivity contribution in [2.45, 2.75) is 12.8 Å². The Balaban J connectivity index is 1.57. The second kappa shape index (κ2) is 7.18. The van der Waals surface area contributed by atoms with E-state index in [-0.39, 0.29) is 11.7 Å². The summed E-state index contributed by atoms with van der Waals surface area (Å²) in [5.74, 6) is 0.437. The van der Waals surface area contributed by atoms with E-state index in [1.54, 1.807) is 28.9 Å². The van der Waals surface area contributed by atoms with Crippen LogP contribution in [0.4, 0.5) is 4.39 Å². The normalized spacial score (nSPS) is 12.4. The Morgan fingerprint density at radius 2 is 1.90 bits per heavy atom. The number of ether oxygens (including phenoxy) is 1. The molecule has 0 spiro atoms. The van der Waals surface area contributed by atoms with E-state index in [1.807, 2.05) is 30.3 Å². The fraction of sp³-hybridized carbons (Fsp3) is 0.130. The molecule has 0 bridgehead atoms. The van der Waals surface area contributed by atoms with E-state index in [9.17, 15) is 4.39 Å². The summed E-state index contributed by atoms with van der Waals surface area (Å²) in [5, 5.41) is 14.4. The van der Waals surface area contributed by atoms with Crippen LogP contribution in [0.3, 0.4) is 0 Å². The minimum atomic E-state index is -0.431. The van der Waals surface area contributed by atoms with Crippen molar-refractivity contribution in [2.75, 3.05) is 7.11 Å². The lowest BCUT2D eigenvalue weighted by atomic mass is 9.98. The Kier molecular flexibility index (Phi) is 4.35. The molecule has 30 heavy (non-hydrogen) atoms. The average molecular weight is 399 g/mol. The molecule has 0 aliphatic heterocycles. The topological polar surface area (TPSA) is 65.2 Å². The van der Waals surface area contributed by atoms with Crippen molar-refractivity contribution in [2.24, 2.45) is 0 Å². The molecule has 0 aliphatic rings. The largest absolute Gasteiger partial charge is 0.494 e. The molecular formula is C23H18FN5O. The van der Waals surface area contributed by atoms with Crippen LogP contribution in [0.15, 0.2) is 66.9 Å². The number of hydrogen-bond acceptors (Lipinski definition) is 5. The maximum absolute atomic E-state index is 14.2. The quantitative estimate of drug-likeness (QED) is 0.441. The van der Waals surface area contributed by atoms with Gasteiger partial charge in [-0.15, -0.1) is 10.2 Å². The summed E-state index contributed by atoms with van der Waals surface area (Å²) in [6.07, 6.45) is 1.78. The lowest BCUT2D eigenvalue weighted by Gasteiger charge is -2.11. The highest BCUT2D eigenvalue weighted by molar-refractivity contribution is 5.79. The molecule has 0 saturated heterocycles. The van der Waals surface area contributed by atoms with Crippen molar-refractivity contribution in [3.05, 3.63) is 84.1 Å². The maximum Gasteiger partial charge on any atom is 0.177 e. The molecule has 0 radical (unpaired) electrons. The highest BCUT2D eigenvalue weighted by Gasteiger charge is 2.18. The summed E-state index contributed by atoms with van der Waals surface area (Å²) in [5.41, 5.74) is 3.95. The predicted molar refractivity (Wildman–Crippen MR) is 112 cm³/mol. The van der Waals surface area contributed by atoms with Crippen molar-refractivity contribution >= 4 is 16.6 Å². The van der Waals surface area contributed by atoms with Gasteiger partial charge in [-0.2, -0.15) is 9.61 Å². The van der Waals surface area contributed by atoms with E-state index in [2.05, 4.69) is 33.3 Å². The zero-order chi connectivity index (χ0) is 20.7. The first-order valence-corrected chi connectivity index (χ1v) is 9.55. The third-order valence-electron chi connectivity index (χ3n) is 5.25. The van der Waals surface area contributed by atoms with E-state index < -0.39 is 5.82 Å². The van der Waals surface area contributed by atoms with Crippen LogP contribution < -0.4 is 4.74 Å². The Morgan fingerprint density at radius 1 is 1.00 bits per heavy atom. The zero-order valence-corrected chi connectivity index (χ0v) is 16.5. The van der Waals surface area contributed by atoms with Crippen molar-refractivity contribution in [3.8, 4) is 17.0 Å². The van der Waals surface area contributed by atoms with E-state index in [1.165, 1.54) is 13.2 Å². The fourth-order valence-electron chi connectivity index (χ4n) is 3.57. The minimum absolute atomic E-state index is 0.0417. The summed E-state index contributed by atoms with van der Waals surface area (Å²) in [6.45, 7) is 2.06. The van der Waals surface area contributed by atoms with Crippen LogP contribution in [0.5, 0.6) is 5.75 Å². The van der Waals surface area contributed by atoms with Gasteiger partial charge < -0.3 is 4.74 Å². The molecule has 5 rings (SSSR count). The van der Waals surface area contributed by atoms with Gasteiger partial charge in [-0.3, -0.25) is 4.98 Å². The van der Waals surface area contributed by atoms with Gasteiger partial charge in [0.1, 0.15) is 0 Å². The number of aromatic nitrogens is 5. The standard InChI is InChI=1S/C23H18FN5O/c1-14(15-5-7-19-16(12-15)4-3-11-25-19)23-27-26-22-10-8-20(28-29(22)23)17-6-9-21(30-2)18(24)13-17/h3-14H,1-2H3/t14-/m0/s1.